The van der Waals surface area contributed by atoms with E-state index in [9.17, 15) is 9.18 Å². The normalized spacial score (nSPS) is 10.7. The molecule has 20 heavy (non-hydrogen) atoms. The van der Waals surface area contributed by atoms with E-state index in [-0.39, 0.29) is 15.9 Å². The number of benzene rings is 1. The van der Waals surface area contributed by atoms with E-state index < -0.39 is 5.82 Å². The molecule has 0 saturated carbocycles. The van der Waals surface area contributed by atoms with Gasteiger partial charge in [0.15, 0.2) is 0 Å². The number of rotatable bonds is 3. The molecule has 4 nitrogen and oxygen atoms in total. The summed E-state index contributed by atoms with van der Waals surface area (Å²) < 4.78 is 15.3. The number of amides is 1. The quantitative estimate of drug-likeness (QED) is 0.934. The van der Waals surface area contributed by atoms with Gasteiger partial charge >= 0.3 is 0 Å². The van der Waals surface area contributed by atoms with Crippen LogP contribution in [0, 0.1) is 19.7 Å². The molecule has 0 unspecified atom stereocenters. The second kappa shape index (κ2) is 5.75. The van der Waals surface area contributed by atoms with Crippen LogP contribution in [0.25, 0.3) is 0 Å². The van der Waals surface area contributed by atoms with E-state index in [1.165, 1.54) is 12.1 Å². The lowest BCUT2D eigenvalue weighted by Crippen LogP contribution is -2.24. The van der Waals surface area contributed by atoms with Crippen LogP contribution in [0.4, 0.5) is 4.39 Å². The molecule has 2 aromatic rings. The fraction of sp³-hybridized carbons (Fsp3) is 0.286. The predicted molar refractivity (Wildman–Crippen MR) is 78.0 cm³/mol. The maximum atomic E-state index is 13.4. The highest BCUT2D eigenvalue weighted by Gasteiger charge is 2.15. The van der Waals surface area contributed by atoms with Crippen LogP contribution in [0.5, 0.6) is 0 Å². The molecule has 0 atom stereocenters. The Morgan fingerprint density at radius 2 is 2.15 bits per heavy atom. The average Bonchev–Trinajstić information content (AvgIpc) is 2.64. The van der Waals surface area contributed by atoms with Crippen molar-refractivity contribution in [1.29, 1.82) is 0 Å². The first-order chi connectivity index (χ1) is 9.41. The van der Waals surface area contributed by atoms with Gasteiger partial charge in [0, 0.05) is 24.8 Å². The predicted octanol–water partition coefficient (Wildman–Crippen LogP) is 2.87. The summed E-state index contributed by atoms with van der Waals surface area (Å²) in [5.74, 6) is -0.773. The minimum absolute atomic E-state index is 0.178. The molecule has 2 rings (SSSR count). The second-order valence-corrected chi connectivity index (χ2v) is 5.35. The summed E-state index contributed by atoms with van der Waals surface area (Å²) in [6.07, 6.45) is 0. The molecular weight excluding hydrogens is 325 g/mol. The van der Waals surface area contributed by atoms with Crippen LogP contribution in [-0.2, 0) is 13.6 Å². The van der Waals surface area contributed by atoms with Gasteiger partial charge in [0.2, 0.25) is 0 Å². The van der Waals surface area contributed by atoms with E-state index in [1.54, 1.807) is 10.7 Å². The first kappa shape index (κ1) is 14.7. The van der Waals surface area contributed by atoms with E-state index in [2.05, 4.69) is 26.3 Å². The molecule has 0 fully saturated rings. The van der Waals surface area contributed by atoms with Crippen LogP contribution >= 0.6 is 15.9 Å². The SMILES string of the molecule is Cc1nn(C)c(C)c1CNC(=O)c1cccc(F)c1Br. The largest absolute Gasteiger partial charge is 0.348 e. The minimum atomic E-state index is -0.452. The molecular formula is C14H15BrFN3O. The number of halogens is 2. The number of carbonyl (C=O) groups excluding carboxylic acids is 1. The molecule has 1 amide bonds. The van der Waals surface area contributed by atoms with Gasteiger partial charge in [-0.15, -0.1) is 0 Å². The van der Waals surface area contributed by atoms with E-state index in [4.69, 9.17) is 0 Å². The number of hydrogen-bond acceptors (Lipinski definition) is 2. The molecule has 0 aliphatic rings. The van der Waals surface area contributed by atoms with Gasteiger partial charge in [-0.25, -0.2) is 4.39 Å². The smallest absolute Gasteiger partial charge is 0.252 e. The molecule has 106 valence electrons. The van der Waals surface area contributed by atoms with Gasteiger partial charge in [-0.3, -0.25) is 9.48 Å². The molecule has 0 aliphatic carbocycles. The Kier molecular flexibility index (Phi) is 4.23. The number of nitrogens with one attached hydrogen (secondary N) is 1. The lowest BCUT2D eigenvalue weighted by Gasteiger charge is -2.08. The molecule has 0 radical (unpaired) electrons. The molecule has 6 heteroatoms. The van der Waals surface area contributed by atoms with Gasteiger partial charge < -0.3 is 5.32 Å². The Morgan fingerprint density at radius 1 is 1.45 bits per heavy atom. The molecule has 0 aliphatic heterocycles. The molecule has 0 bridgehead atoms. The Bertz CT molecular complexity index is 667. The molecule has 1 N–H and O–H groups in total. The van der Waals surface area contributed by atoms with Crippen LogP contribution in [0.1, 0.15) is 27.3 Å². The maximum Gasteiger partial charge on any atom is 0.252 e. The van der Waals surface area contributed by atoms with Crippen molar-refractivity contribution in [1.82, 2.24) is 15.1 Å². The van der Waals surface area contributed by atoms with Crippen molar-refractivity contribution in [3.8, 4) is 0 Å². The molecule has 0 spiro atoms. The minimum Gasteiger partial charge on any atom is -0.348 e. The van der Waals surface area contributed by atoms with E-state index >= 15 is 0 Å². The van der Waals surface area contributed by atoms with Gasteiger partial charge in [0.25, 0.3) is 5.91 Å². The molecule has 0 saturated heterocycles. The summed E-state index contributed by atoms with van der Waals surface area (Å²) in [5.41, 5.74) is 3.14. The number of aromatic nitrogens is 2. The fourth-order valence-corrected chi connectivity index (χ4v) is 2.46. The van der Waals surface area contributed by atoms with Crippen LogP contribution in [-0.4, -0.2) is 15.7 Å². The zero-order chi connectivity index (χ0) is 14.9. The van der Waals surface area contributed by atoms with Crippen molar-refractivity contribution in [2.24, 2.45) is 7.05 Å². The van der Waals surface area contributed by atoms with E-state index in [0.717, 1.165) is 17.0 Å². The molecule has 1 aromatic heterocycles. The Balaban J connectivity index is 2.15. The summed E-state index contributed by atoms with van der Waals surface area (Å²) in [4.78, 5) is 12.1. The summed E-state index contributed by atoms with van der Waals surface area (Å²) >= 11 is 3.09. The number of aryl methyl sites for hydroxylation is 2. The Labute approximate surface area is 125 Å². The van der Waals surface area contributed by atoms with Crippen LogP contribution < -0.4 is 5.32 Å². The van der Waals surface area contributed by atoms with Crippen molar-refractivity contribution in [2.75, 3.05) is 0 Å². The lowest BCUT2D eigenvalue weighted by atomic mass is 10.1. The third-order valence-electron chi connectivity index (χ3n) is 3.28. The summed E-state index contributed by atoms with van der Waals surface area (Å²) in [6.45, 7) is 4.21. The van der Waals surface area contributed by atoms with Crippen molar-refractivity contribution in [2.45, 2.75) is 20.4 Å². The Morgan fingerprint density at radius 3 is 2.75 bits per heavy atom. The highest BCUT2D eigenvalue weighted by Crippen LogP contribution is 2.20. The summed E-state index contributed by atoms with van der Waals surface area (Å²) in [6, 6.07) is 4.39. The zero-order valence-electron chi connectivity index (χ0n) is 11.5. The van der Waals surface area contributed by atoms with Gasteiger partial charge in [-0.1, -0.05) is 6.07 Å². The van der Waals surface area contributed by atoms with Crippen molar-refractivity contribution in [3.63, 3.8) is 0 Å². The first-order valence-corrected chi connectivity index (χ1v) is 6.92. The highest BCUT2D eigenvalue weighted by molar-refractivity contribution is 9.10. The standard InChI is InChI=1S/C14H15BrFN3O/c1-8-11(9(2)19(3)18-8)7-17-14(20)10-5-4-6-12(16)13(10)15/h4-6H,7H2,1-3H3,(H,17,20). The second-order valence-electron chi connectivity index (χ2n) is 4.56. The Hall–Kier alpha value is -1.69. The van der Waals surface area contributed by atoms with Gasteiger partial charge in [-0.05, 0) is 41.9 Å². The zero-order valence-corrected chi connectivity index (χ0v) is 13.1. The van der Waals surface area contributed by atoms with E-state index in [0.29, 0.717) is 6.54 Å². The molecule has 1 aromatic carbocycles. The number of hydrogen-bond donors (Lipinski definition) is 1. The van der Waals surface area contributed by atoms with Crippen molar-refractivity contribution < 1.29 is 9.18 Å². The molecule has 1 heterocycles. The van der Waals surface area contributed by atoms with Crippen molar-refractivity contribution >= 4 is 21.8 Å². The maximum absolute atomic E-state index is 13.4. The lowest BCUT2D eigenvalue weighted by molar-refractivity contribution is 0.0949. The van der Waals surface area contributed by atoms with Crippen LogP contribution in [0.15, 0.2) is 22.7 Å². The van der Waals surface area contributed by atoms with Gasteiger partial charge in [0.05, 0.1) is 15.7 Å². The van der Waals surface area contributed by atoms with Gasteiger partial charge in [-0.2, -0.15) is 5.10 Å². The monoisotopic (exact) mass is 339 g/mol. The third kappa shape index (κ3) is 2.75. The number of nitrogens with zero attached hydrogens (tertiary/aromatic N) is 2. The highest BCUT2D eigenvalue weighted by atomic mass is 79.9. The third-order valence-corrected chi connectivity index (χ3v) is 4.09. The summed E-state index contributed by atoms with van der Waals surface area (Å²) in [7, 11) is 1.86. The topological polar surface area (TPSA) is 46.9 Å². The van der Waals surface area contributed by atoms with Crippen LogP contribution in [0.3, 0.4) is 0 Å². The average molecular weight is 340 g/mol. The van der Waals surface area contributed by atoms with Crippen molar-refractivity contribution in [3.05, 3.63) is 51.0 Å². The van der Waals surface area contributed by atoms with Gasteiger partial charge in [0.1, 0.15) is 5.82 Å². The fourth-order valence-electron chi connectivity index (χ4n) is 2.02. The first-order valence-electron chi connectivity index (χ1n) is 6.13. The number of carbonyl (C=O) groups is 1. The summed E-state index contributed by atoms with van der Waals surface area (Å²) in [5, 5.41) is 7.08. The van der Waals surface area contributed by atoms with E-state index in [1.807, 2.05) is 20.9 Å². The van der Waals surface area contributed by atoms with Crippen LogP contribution in [0.2, 0.25) is 0 Å².